The maximum absolute atomic E-state index is 11.4. The topological polar surface area (TPSA) is 42.0 Å². The normalized spacial score (nSPS) is 9.84. The van der Waals surface area contributed by atoms with Gasteiger partial charge in [0.2, 0.25) is 0 Å². The van der Waals surface area contributed by atoms with Crippen LogP contribution in [0.1, 0.15) is 0 Å². The quantitative estimate of drug-likeness (QED) is 0.872. The number of carbonyl (C=O) groups excluding carboxylic acids is 1. The third-order valence-electron chi connectivity index (χ3n) is 2.29. The first-order chi connectivity index (χ1) is 8.66. The number of nitrogens with zero attached hydrogens (tertiary/aromatic N) is 1. The van der Waals surface area contributed by atoms with Crippen LogP contribution in [0, 0.1) is 0 Å². The van der Waals surface area contributed by atoms with Crippen LogP contribution in [0.15, 0.2) is 48.7 Å². The lowest BCUT2D eigenvalue weighted by molar-refractivity contribution is -0.114. The molecule has 0 unspecified atom stereocenters. The van der Waals surface area contributed by atoms with Crippen LogP contribution in [0.25, 0.3) is 11.3 Å². The molecule has 1 N–H and O–H groups in total. The predicted octanol–water partition coefficient (Wildman–Crippen LogP) is 3.91. The molecule has 0 saturated heterocycles. The number of alkyl halides is 2. The summed E-state index contributed by atoms with van der Waals surface area (Å²) >= 11 is 11.0. The van der Waals surface area contributed by atoms with E-state index in [9.17, 15) is 4.79 Å². The van der Waals surface area contributed by atoms with Crippen molar-refractivity contribution in [2.45, 2.75) is 4.84 Å². The van der Waals surface area contributed by atoms with E-state index in [0.29, 0.717) is 5.69 Å². The molecular formula is C13H11Cl3N2O. The number of hydrogen-bond acceptors (Lipinski definition) is 2. The van der Waals surface area contributed by atoms with Gasteiger partial charge in [-0.05, 0) is 24.3 Å². The van der Waals surface area contributed by atoms with Crippen LogP contribution in [0.2, 0.25) is 0 Å². The van der Waals surface area contributed by atoms with Crippen LogP contribution in [-0.4, -0.2) is 15.7 Å². The Hall–Kier alpha value is -1.29. The molecule has 19 heavy (non-hydrogen) atoms. The summed E-state index contributed by atoms with van der Waals surface area (Å²) < 4.78 is 0. The van der Waals surface area contributed by atoms with Crippen molar-refractivity contribution in [2.24, 2.45) is 0 Å². The highest BCUT2D eigenvalue weighted by atomic mass is 35.5. The Morgan fingerprint density at radius 2 is 1.95 bits per heavy atom. The van der Waals surface area contributed by atoms with Crippen molar-refractivity contribution in [3.8, 4) is 11.3 Å². The zero-order chi connectivity index (χ0) is 13.0. The summed E-state index contributed by atoms with van der Waals surface area (Å²) in [7, 11) is 0. The van der Waals surface area contributed by atoms with Gasteiger partial charge in [0.1, 0.15) is 0 Å². The van der Waals surface area contributed by atoms with E-state index in [4.69, 9.17) is 23.2 Å². The van der Waals surface area contributed by atoms with Crippen LogP contribution in [-0.2, 0) is 4.79 Å². The summed E-state index contributed by atoms with van der Waals surface area (Å²) in [5.74, 6) is -0.448. The molecule has 0 atom stereocenters. The predicted molar refractivity (Wildman–Crippen MR) is 81.0 cm³/mol. The molecule has 0 bridgehead atoms. The molecule has 6 heteroatoms. The number of benzene rings is 1. The Morgan fingerprint density at radius 3 is 2.58 bits per heavy atom. The summed E-state index contributed by atoms with van der Waals surface area (Å²) in [4.78, 5) is 14.5. The fourth-order valence-corrected chi connectivity index (χ4v) is 1.60. The Bertz CT molecular complexity index is 547. The zero-order valence-corrected chi connectivity index (χ0v) is 12.0. The van der Waals surface area contributed by atoms with Crippen molar-refractivity contribution < 1.29 is 4.79 Å². The molecule has 1 aromatic heterocycles. The zero-order valence-electron chi connectivity index (χ0n) is 9.72. The number of halogens is 3. The van der Waals surface area contributed by atoms with E-state index in [1.807, 2.05) is 36.4 Å². The summed E-state index contributed by atoms with van der Waals surface area (Å²) in [6, 6.07) is 13.0. The molecule has 2 rings (SSSR count). The molecule has 1 aromatic carbocycles. The summed E-state index contributed by atoms with van der Waals surface area (Å²) in [5, 5.41) is 2.62. The Labute approximate surface area is 127 Å². The van der Waals surface area contributed by atoms with Crippen molar-refractivity contribution in [3.05, 3.63) is 48.7 Å². The van der Waals surface area contributed by atoms with Gasteiger partial charge in [-0.3, -0.25) is 9.78 Å². The second-order valence-electron chi connectivity index (χ2n) is 3.59. The summed E-state index contributed by atoms with van der Waals surface area (Å²) in [5.41, 5.74) is 2.38. The lowest BCUT2D eigenvalue weighted by Gasteiger charge is -2.07. The maximum atomic E-state index is 11.4. The lowest BCUT2D eigenvalue weighted by Crippen LogP contribution is -2.18. The van der Waals surface area contributed by atoms with Crippen molar-refractivity contribution in [3.63, 3.8) is 0 Å². The smallest absolute Gasteiger partial charge is 0.257 e. The molecule has 1 heterocycles. The monoisotopic (exact) mass is 316 g/mol. The van der Waals surface area contributed by atoms with Crippen LogP contribution in [0.5, 0.6) is 0 Å². The molecule has 0 saturated carbocycles. The highest BCUT2D eigenvalue weighted by molar-refractivity contribution is 6.54. The van der Waals surface area contributed by atoms with Crippen molar-refractivity contribution in [2.75, 3.05) is 5.32 Å². The number of amides is 1. The van der Waals surface area contributed by atoms with Gasteiger partial charge in [0.25, 0.3) is 5.91 Å². The fourth-order valence-electron chi connectivity index (χ4n) is 1.49. The average Bonchev–Trinajstić information content (AvgIpc) is 2.40. The highest BCUT2D eigenvalue weighted by Gasteiger charge is 2.11. The number of hydrogen-bond donors (Lipinski definition) is 1. The number of rotatable bonds is 3. The van der Waals surface area contributed by atoms with E-state index in [1.54, 1.807) is 12.3 Å². The van der Waals surface area contributed by atoms with E-state index in [1.165, 1.54) is 0 Å². The third kappa shape index (κ3) is 4.39. The van der Waals surface area contributed by atoms with E-state index in [-0.39, 0.29) is 12.4 Å². The highest BCUT2D eigenvalue weighted by Crippen LogP contribution is 2.20. The van der Waals surface area contributed by atoms with Crippen LogP contribution in [0.4, 0.5) is 5.69 Å². The standard InChI is InChI=1S/C13H10Cl2N2O.ClH/c14-12(15)13(18)17-10-5-3-4-9(8-10)11-6-1-2-7-16-11;/h1-8,12H,(H,17,18);1H. The fraction of sp³-hybridized carbons (Fsp3) is 0.0769. The average molecular weight is 318 g/mol. The van der Waals surface area contributed by atoms with Crippen LogP contribution >= 0.6 is 35.6 Å². The Morgan fingerprint density at radius 1 is 1.16 bits per heavy atom. The SMILES string of the molecule is Cl.O=C(Nc1cccc(-c2ccccn2)c1)C(Cl)Cl. The second kappa shape index (κ2) is 7.34. The first kappa shape index (κ1) is 15.8. The number of carbonyl (C=O) groups is 1. The van der Waals surface area contributed by atoms with Gasteiger partial charge in [0, 0.05) is 17.4 Å². The molecule has 0 aliphatic rings. The molecule has 0 spiro atoms. The Kier molecular flexibility index (Phi) is 6.09. The minimum atomic E-state index is -1.08. The number of pyridine rings is 1. The molecule has 1 amide bonds. The van der Waals surface area contributed by atoms with Crippen LogP contribution in [0.3, 0.4) is 0 Å². The molecule has 0 radical (unpaired) electrons. The number of aromatic nitrogens is 1. The molecule has 2 aromatic rings. The van der Waals surface area contributed by atoms with E-state index in [0.717, 1.165) is 11.3 Å². The van der Waals surface area contributed by atoms with Gasteiger partial charge < -0.3 is 5.32 Å². The van der Waals surface area contributed by atoms with Crippen molar-refractivity contribution in [1.82, 2.24) is 4.98 Å². The number of nitrogens with one attached hydrogen (secondary N) is 1. The van der Waals surface area contributed by atoms with Crippen molar-refractivity contribution >= 4 is 47.2 Å². The van der Waals surface area contributed by atoms with Gasteiger partial charge in [-0.25, -0.2) is 0 Å². The van der Waals surface area contributed by atoms with Gasteiger partial charge in [0.05, 0.1) is 5.69 Å². The first-order valence-corrected chi connectivity index (χ1v) is 6.14. The van der Waals surface area contributed by atoms with Gasteiger partial charge in [-0.15, -0.1) is 12.4 Å². The van der Waals surface area contributed by atoms with Gasteiger partial charge in [-0.1, -0.05) is 41.4 Å². The van der Waals surface area contributed by atoms with Crippen molar-refractivity contribution in [1.29, 1.82) is 0 Å². The van der Waals surface area contributed by atoms with Crippen LogP contribution < -0.4 is 5.32 Å². The largest absolute Gasteiger partial charge is 0.324 e. The van der Waals surface area contributed by atoms with E-state index in [2.05, 4.69) is 10.3 Å². The molecular weight excluding hydrogens is 307 g/mol. The minimum absolute atomic E-state index is 0. The molecule has 3 nitrogen and oxygen atoms in total. The third-order valence-corrected chi connectivity index (χ3v) is 2.69. The second-order valence-corrected chi connectivity index (χ2v) is 4.68. The van der Waals surface area contributed by atoms with E-state index < -0.39 is 10.7 Å². The van der Waals surface area contributed by atoms with E-state index >= 15 is 0 Å². The lowest BCUT2D eigenvalue weighted by atomic mass is 10.1. The van der Waals surface area contributed by atoms with Gasteiger partial charge >= 0.3 is 0 Å². The number of anilines is 1. The first-order valence-electron chi connectivity index (χ1n) is 5.27. The summed E-state index contributed by atoms with van der Waals surface area (Å²) in [6.45, 7) is 0. The minimum Gasteiger partial charge on any atom is -0.324 e. The maximum Gasteiger partial charge on any atom is 0.257 e. The summed E-state index contributed by atoms with van der Waals surface area (Å²) in [6.07, 6.45) is 1.72. The Balaban J connectivity index is 0.00000180. The molecule has 0 fully saturated rings. The molecule has 0 aliphatic heterocycles. The molecule has 0 aliphatic carbocycles. The van der Waals surface area contributed by atoms with Gasteiger partial charge in [0.15, 0.2) is 4.84 Å². The van der Waals surface area contributed by atoms with Gasteiger partial charge in [-0.2, -0.15) is 0 Å². The molecule has 100 valence electrons.